The molecule has 0 atom stereocenters. The molecule has 0 aliphatic carbocycles. The molecule has 1 aliphatic rings. The molecule has 3 aromatic carbocycles. The molecule has 1 heterocycles. The van der Waals surface area contributed by atoms with Crippen molar-refractivity contribution >= 4 is 52.8 Å². The van der Waals surface area contributed by atoms with Crippen LogP contribution in [0.1, 0.15) is 29.2 Å². The second kappa shape index (κ2) is 12.4. The van der Waals surface area contributed by atoms with Crippen LogP contribution in [0.15, 0.2) is 72.9 Å². The highest BCUT2D eigenvalue weighted by Gasteiger charge is 2.33. The Balaban J connectivity index is 1.61. The predicted octanol–water partition coefficient (Wildman–Crippen LogP) is 7.45. The predicted molar refractivity (Wildman–Crippen MR) is 151 cm³/mol. The molecule has 3 amide bonds. The molecule has 9 heteroatoms. The number of benzene rings is 3. The normalized spacial score (nSPS) is 14.1. The molecular formula is C29H25Cl3N2O4. The molecule has 4 rings (SSSR count). The van der Waals surface area contributed by atoms with E-state index in [1.807, 2.05) is 19.1 Å². The summed E-state index contributed by atoms with van der Waals surface area (Å²) in [5.41, 5.74) is 3.28. The zero-order valence-electron chi connectivity index (χ0n) is 20.6. The van der Waals surface area contributed by atoms with Gasteiger partial charge in [-0.3, -0.25) is 9.69 Å². The Labute approximate surface area is 236 Å². The van der Waals surface area contributed by atoms with E-state index in [4.69, 9.17) is 44.3 Å². The fourth-order valence-electron chi connectivity index (χ4n) is 3.94. The number of hydrogen-bond acceptors (Lipinski definition) is 4. The van der Waals surface area contributed by atoms with Crippen molar-refractivity contribution in [1.82, 2.24) is 10.2 Å². The van der Waals surface area contributed by atoms with E-state index in [1.165, 1.54) is 0 Å². The summed E-state index contributed by atoms with van der Waals surface area (Å²) in [5.74, 6) is 0.646. The van der Waals surface area contributed by atoms with Crippen LogP contribution in [-0.4, -0.2) is 23.4 Å². The topological polar surface area (TPSA) is 67.9 Å². The number of carbonyl (C=O) groups is 2. The van der Waals surface area contributed by atoms with Crippen LogP contribution in [0.2, 0.25) is 15.1 Å². The number of hydrogen-bond donors (Lipinski definition) is 1. The highest BCUT2D eigenvalue weighted by atomic mass is 35.5. The number of ether oxygens (including phenoxy) is 2. The number of carbonyl (C=O) groups excluding carboxylic acids is 2. The number of amides is 3. The van der Waals surface area contributed by atoms with Crippen molar-refractivity contribution in [2.75, 3.05) is 6.61 Å². The standard InChI is InChI=1S/C29H25Cl3N2O4/c1-3-5-21-12-20(14-25-28(35)34(29(36)33-25)16-18-6-9-22(30)10-7-18)15-26(37-4-2)27(21)38-17-19-8-11-23(31)24(32)13-19/h3,6-15H,1,4-5,16-17H2,2H3,(H,33,36)/b25-14-. The van der Waals surface area contributed by atoms with E-state index in [2.05, 4.69) is 11.9 Å². The van der Waals surface area contributed by atoms with Gasteiger partial charge in [0.2, 0.25) is 0 Å². The Morgan fingerprint density at radius 1 is 0.947 bits per heavy atom. The molecule has 196 valence electrons. The van der Waals surface area contributed by atoms with Gasteiger partial charge in [0, 0.05) is 10.6 Å². The summed E-state index contributed by atoms with van der Waals surface area (Å²) in [6.07, 6.45) is 3.88. The molecular weight excluding hydrogens is 547 g/mol. The number of urea groups is 1. The minimum Gasteiger partial charge on any atom is -0.490 e. The van der Waals surface area contributed by atoms with Gasteiger partial charge in [0.15, 0.2) is 11.5 Å². The lowest BCUT2D eigenvalue weighted by molar-refractivity contribution is -0.123. The Bertz CT molecular complexity index is 1400. The zero-order valence-corrected chi connectivity index (χ0v) is 22.9. The molecule has 0 radical (unpaired) electrons. The highest BCUT2D eigenvalue weighted by molar-refractivity contribution is 6.42. The van der Waals surface area contributed by atoms with Crippen LogP contribution in [-0.2, 0) is 24.4 Å². The van der Waals surface area contributed by atoms with E-state index in [0.717, 1.165) is 21.6 Å². The maximum Gasteiger partial charge on any atom is 0.329 e. The van der Waals surface area contributed by atoms with E-state index < -0.39 is 11.9 Å². The number of rotatable bonds is 10. The summed E-state index contributed by atoms with van der Waals surface area (Å²) >= 11 is 18.1. The van der Waals surface area contributed by atoms with Gasteiger partial charge in [0.25, 0.3) is 5.91 Å². The fourth-order valence-corrected chi connectivity index (χ4v) is 4.39. The third-order valence-electron chi connectivity index (χ3n) is 5.71. The lowest BCUT2D eigenvalue weighted by Gasteiger charge is -2.17. The van der Waals surface area contributed by atoms with Gasteiger partial charge in [-0.2, -0.15) is 0 Å². The van der Waals surface area contributed by atoms with Gasteiger partial charge in [-0.25, -0.2) is 4.79 Å². The Morgan fingerprint density at radius 2 is 1.68 bits per heavy atom. The van der Waals surface area contributed by atoms with E-state index in [-0.39, 0.29) is 18.8 Å². The van der Waals surface area contributed by atoms with Crippen molar-refractivity contribution in [1.29, 1.82) is 0 Å². The van der Waals surface area contributed by atoms with Crippen LogP contribution in [0, 0.1) is 0 Å². The first-order valence-corrected chi connectivity index (χ1v) is 13.0. The lowest BCUT2D eigenvalue weighted by atomic mass is 10.0. The second-order valence-electron chi connectivity index (χ2n) is 8.48. The molecule has 1 fully saturated rings. The quantitative estimate of drug-likeness (QED) is 0.156. The average molecular weight is 572 g/mol. The monoisotopic (exact) mass is 570 g/mol. The summed E-state index contributed by atoms with van der Waals surface area (Å²) in [4.78, 5) is 26.8. The molecule has 0 bridgehead atoms. The van der Waals surface area contributed by atoms with Crippen molar-refractivity contribution in [3.8, 4) is 11.5 Å². The van der Waals surface area contributed by atoms with Crippen LogP contribution in [0.5, 0.6) is 11.5 Å². The van der Waals surface area contributed by atoms with Gasteiger partial charge < -0.3 is 14.8 Å². The molecule has 0 spiro atoms. The molecule has 3 aromatic rings. The van der Waals surface area contributed by atoms with Crippen molar-refractivity contribution < 1.29 is 19.1 Å². The SMILES string of the molecule is C=CCc1cc(/C=C2\NC(=O)N(Cc3ccc(Cl)cc3)C2=O)cc(OCC)c1OCc1ccc(Cl)c(Cl)c1. The van der Waals surface area contributed by atoms with E-state index >= 15 is 0 Å². The van der Waals surface area contributed by atoms with Gasteiger partial charge in [-0.15, -0.1) is 6.58 Å². The summed E-state index contributed by atoms with van der Waals surface area (Å²) in [7, 11) is 0. The van der Waals surface area contributed by atoms with Crippen molar-refractivity contribution in [3.05, 3.63) is 110 Å². The molecule has 0 unspecified atom stereocenters. The lowest BCUT2D eigenvalue weighted by Crippen LogP contribution is -2.30. The molecule has 0 saturated carbocycles. The number of nitrogens with one attached hydrogen (secondary N) is 1. The van der Waals surface area contributed by atoms with Crippen LogP contribution < -0.4 is 14.8 Å². The fraction of sp³-hybridized carbons (Fsp3) is 0.172. The minimum atomic E-state index is -0.492. The molecule has 6 nitrogen and oxygen atoms in total. The number of imide groups is 1. The third-order valence-corrected chi connectivity index (χ3v) is 6.70. The first kappa shape index (κ1) is 27.6. The number of halogens is 3. The largest absolute Gasteiger partial charge is 0.490 e. The Kier molecular flexibility index (Phi) is 9.00. The maximum absolute atomic E-state index is 13.0. The van der Waals surface area contributed by atoms with Gasteiger partial charge >= 0.3 is 6.03 Å². The first-order valence-electron chi connectivity index (χ1n) is 11.8. The summed E-state index contributed by atoms with van der Waals surface area (Å²) < 4.78 is 12.0. The zero-order chi connectivity index (χ0) is 27.2. The van der Waals surface area contributed by atoms with E-state index in [0.29, 0.717) is 45.2 Å². The molecule has 1 N–H and O–H groups in total. The summed E-state index contributed by atoms with van der Waals surface area (Å²) in [5, 5.41) is 4.16. The molecule has 38 heavy (non-hydrogen) atoms. The van der Waals surface area contributed by atoms with Crippen LogP contribution in [0.4, 0.5) is 4.79 Å². The first-order chi connectivity index (χ1) is 18.3. The van der Waals surface area contributed by atoms with Gasteiger partial charge in [0.1, 0.15) is 12.3 Å². The van der Waals surface area contributed by atoms with Gasteiger partial charge in [-0.05, 0) is 72.5 Å². The maximum atomic E-state index is 13.0. The summed E-state index contributed by atoms with van der Waals surface area (Å²) in [6.45, 7) is 6.51. The minimum absolute atomic E-state index is 0.132. The number of allylic oxidation sites excluding steroid dienone is 1. The van der Waals surface area contributed by atoms with Crippen molar-refractivity contribution in [3.63, 3.8) is 0 Å². The number of nitrogens with zero attached hydrogens (tertiary/aromatic N) is 1. The Hall–Kier alpha value is -3.45. The van der Waals surface area contributed by atoms with E-state index in [1.54, 1.807) is 54.6 Å². The second-order valence-corrected chi connectivity index (χ2v) is 9.73. The van der Waals surface area contributed by atoms with Gasteiger partial charge in [-0.1, -0.05) is 59.1 Å². The Morgan fingerprint density at radius 3 is 2.37 bits per heavy atom. The van der Waals surface area contributed by atoms with Crippen molar-refractivity contribution in [2.24, 2.45) is 0 Å². The molecule has 0 aromatic heterocycles. The smallest absolute Gasteiger partial charge is 0.329 e. The van der Waals surface area contributed by atoms with Crippen LogP contribution in [0.3, 0.4) is 0 Å². The molecule has 1 aliphatic heterocycles. The third kappa shape index (κ3) is 6.51. The van der Waals surface area contributed by atoms with Crippen LogP contribution in [0.25, 0.3) is 6.08 Å². The average Bonchev–Trinajstić information content (AvgIpc) is 3.14. The van der Waals surface area contributed by atoms with Crippen LogP contribution >= 0.6 is 34.8 Å². The highest BCUT2D eigenvalue weighted by Crippen LogP contribution is 2.36. The van der Waals surface area contributed by atoms with Crippen molar-refractivity contribution in [2.45, 2.75) is 26.5 Å². The van der Waals surface area contributed by atoms with E-state index in [9.17, 15) is 9.59 Å². The molecule has 1 saturated heterocycles. The van der Waals surface area contributed by atoms with Gasteiger partial charge in [0.05, 0.1) is 23.2 Å². The summed E-state index contributed by atoms with van der Waals surface area (Å²) in [6, 6.07) is 15.4.